The first-order chi connectivity index (χ1) is 9.74. The maximum atomic E-state index is 11.9. The first kappa shape index (κ1) is 12.1. The van der Waals surface area contributed by atoms with Gasteiger partial charge in [-0.05, 0) is 19.3 Å². The van der Waals surface area contributed by atoms with Gasteiger partial charge in [-0.15, -0.1) is 0 Å². The largest absolute Gasteiger partial charge is 0.339 e. The van der Waals surface area contributed by atoms with Crippen LogP contribution in [0.4, 0.5) is 0 Å². The molecule has 5 nitrogen and oxygen atoms in total. The van der Waals surface area contributed by atoms with Gasteiger partial charge < -0.3 is 4.90 Å². The summed E-state index contributed by atoms with van der Waals surface area (Å²) in [4.78, 5) is 22.5. The van der Waals surface area contributed by atoms with Gasteiger partial charge in [0.05, 0.1) is 6.20 Å². The highest BCUT2D eigenvalue weighted by Crippen LogP contribution is 2.35. The zero-order valence-electron chi connectivity index (χ0n) is 11.0. The van der Waals surface area contributed by atoms with Gasteiger partial charge in [-0.1, -0.05) is 11.6 Å². The van der Waals surface area contributed by atoms with Crippen LogP contribution in [0.25, 0.3) is 5.52 Å². The quantitative estimate of drug-likeness (QED) is 0.809. The van der Waals surface area contributed by atoms with E-state index in [1.54, 1.807) is 12.4 Å². The Bertz CT molecular complexity index is 683. The molecule has 2 saturated heterocycles. The van der Waals surface area contributed by atoms with Crippen molar-refractivity contribution in [1.29, 1.82) is 0 Å². The number of fused-ring (bicyclic) bond motifs is 2. The van der Waals surface area contributed by atoms with Crippen molar-refractivity contribution in [2.75, 3.05) is 6.54 Å². The number of aromatic nitrogens is 3. The number of amides is 1. The summed E-state index contributed by atoms with van der Waals surface area (Å²) >= 11 is 6.09. The second kappa shape index (κ2) is 4.45. The van der Waals surface area contributed by atoms with Crippen LogP contribution in [0.2, 0.25) is 5.15 Å². The summed E-state index contributed by atoms with van der Waals surface area (Å²) in [7, 11) is 0. The molecule has 2 aliphatic heterocycles. The molecule has 0 radical (unpaired) electrons. The van der Waals surface area contributed by atoms with Crippen LogP contribution >= 0.6 is 11.6 Å². The van der Waals surface area contributed by atoms with Gasteiger partial charge in [0.2, 0.25) is 5.91 Å². The maximum absolute atomic E-state index is 11.9. The van der Waals surface area contributed by atoms with Crippen LogP contribution in [-0.2, 0) is 4.79 Å². The molecule has 0 bridgehead atoms. The molecule has 0 aromatic carbocycles. The SMILES string of the molecule is O=C1CC[C@@H]2CC[C@H](c3ncc4c(Cl)nccn34)CN12. The molecule has 2 aliphatic rings. The van der Waals surface area contributed by atoms with Gasteiger partial charge in [0.15, 0.2) is 5.15 Å². The highest BCUT2D eigenvalue weighted by molar-refractivity contribution is 6.32. The molecule has 2 aromatic heterocycles. The van der Waals surface area contributed by atoms with Crippen LogP contribution in [0.5, 0.6) is 0 Å². The molecule has 2 atom stereocenters. The van der Waals surface area contributed by atoms with Crippen LogP contribution in [0.1, 0.15) is 37.4 Å². The summed E-state index contributed by atoms with van der Waals surface area (Å²) in [6.45, 7) is 0.780. The van der Waals surface area contributed by atoms with Crippen LogP contribution in [-0.4, -0.2) is 37.8 Å². The number of imidazole rings is 1. The standard InChI is InChI=1S/C14H15ClN4O/c15-13-11-7-17-14(18(11)6-5-16-13)9-1-2-10-3-4-12(20)19(10)8-9/h5-7,9-10H,1-4,8H2/t9-,10-/m0/s1. The lowest BCUT2D eigenvalue weighted by Crippen LogP contribution is -2.41. The number of hydrogen-bond donors (Lipinski definition) is 0. The van der Waals surface area contributed by atoms with E-state index < -0.39 is 0 Å². The van der Waals surface area contributed by atoms with Crippen molar-refractivity contribution < 1.29 is 4.79 Å². The Morgan fingerprint density at radius 1 is 1.25 bits per heavy atom. The number of piperidine rings is 1. The smallest absolute Gasteiger partial charge is 0.222 e. The lowest BCUT2D eigenvalue weighted by molar-refractivity contribution is -0.130. The molecule has 4 rings (SSSR count). The zero-order chi connectivity index (χ0) is 13.7. The van der Waals surface area contributed by atoms with Crippen molar-refractivity contribution in [3.63, 3.8) is 0 Å². The molecule has 0 unspecified atom stereocenters. The van der Waals surface area contributed by atoms with Crippen molar-refractivity contribution in [3.05, 3.63) is 29.6 Å². The molecule has 1 amide bonds. The highest BCUT2D eigenvalue weighted by atomic mass is 35.5. The summed E-state index contributed by atoms with van der Waals surface area (Å²) in [6, 6.07) is 0.454. The second-order valence-corrected chi connectivity index (χ2v) is 5.96. The van der Waals surface area contributed by atoms with Gasteiger partial charge in [-0.25, -0.2) is 9.97 Å². The minimum absolute atomic E-state index is 0.286. The van der Waals surface area contributed by atoms with Crippen molar-refractivity contribution >= 4 is 23.0 Å². The normalized spacial score (nSPS) is 26.2. The predicted octanol–water partition coefficient (Wildman–Crippen LogP) is 2.25. The van der Waals surface area contributed by atoms with Gasteiger partial charge in [-0.2, -0.15) is 0 Å². The van der Waals surface area contributed by atoms with Gasteiger partial charge in [0, 0.05) is 37.3 Å². The summed E-state index contributed by atoms with van der Waals surface area (Å²) in [5.41, 5.74) is 0.832. The van der Waals surface area contributed by atoms with E-state index in [1.165, 1.54) is 0 Å². The van der Waals surface area contributed by atoms with Crippen molar-refractivity contribution in [1.82, 2.24) is 19.3 Å². The van der Waals surface area contributed by atoms with E-state index in [-0.39, 0.29) is 5.92 Å². The van der Waals surface area contributed by atoms with Gasteiger partial charge in [-0.3, -0.25) is 9.20 Å². The Morgan fingerprint density at radius 3 is 3.05 bits per heavy atom. The fraction of sp³-hybridized carbons (Fsp3) is 0.500. The summed E-state index contributed by atoms with van der Waals surface area (Å²) in [5, 5.41) is 0.470. The van der Waals surface area contributed by atoms with Gasteiger partial charge in [0.1, 0.15) is 11.3 Å². The summed E-state index contributed by atoms with van der Waals surface area (Å²) in [5.74, 6) is 1.57. The molecule has 0 saturated carbocycles. The number of carbonyl (C=O) groups is 1. The number of carbonyl (C=O) groups excluding carboxylic acids is 1. The Kier molecular flexibility index (Phi) is 2.70. The van der Waals surface area contributed by atoms with Crippen molar-refractivity contribution in [3.8, 4) is 0 Å². The van der Waals surface area contributed by atoms with Crippen molar-refractivity contribution in [2.24, 2.45) is 0 Å². The third-order valence-corrected chi connectivity index (χ3v) is 4.81. The number of nitrogens with zero attached hydrogens (tertiary/aromatic N) is 4. The first-order valence-electron chi connectivity index (χ1n) is 7.01. The fourth-order valence-electron chi connectivity index (χ4n) is 3.50. The van der Waals surface area contributed by atoms with E-state index in [2.05, 4.69) is 9.97 Å². The molecule has 2 fully saturated rings. The third-order valence-electron chi connectivity index (χ3n) is 4.52. The second-order valence-electron chi connectivity index (χ2n) is 5.60. The minimum atomic E-state index is 0.286. The van der Waals surface area contributed by atoms with Crippen molar-refractivity contribution in [2.45, 2.75) is 37.6 Å². The van der Waals surface area contributed by atoms with E-state index in [0.717, 1.165) is 37.1 Å². The molecular formula is C14H15ClN4O. The fourth-order valence-corrected chi connectivity index (χ4v) is 3.69. The summed E-state index contributed by atoms with van der Waals surface area (Å²) in [6.07, 6.45) is 9.22. The number of halogens is 1. The molecule has 2 aromatic rings. The topological polar surface area (TPSA) is 50.5 Å². The van der Waals surface area contributed by atoms with Gasteiger partial charge in [0.25, 0.3) is 0 Å². The average Bonchev–Trinajstić information content (AvgIpc) is 3.04. The number of rotatable bonds is 1. The Balaban J connectivity index is 1.70. The molecule has 0 aliphatic carbocycles. The van der Waals surface area contributed by atoms with E-state index >= 15 is 0 Å². The lowest BCUT2D eigenvalue weighted by atomic mass is 9.93. The molecular weight excluding hydrogens is 276 g/mol. The van der Waals surface area contributed by atoms with E-state index in [4.69, 9.17) is 11.6 Å². The van der Waals surface area contributed by atoms with E-state index in [0.29, 0.717) is 23.5 Å². The summed E-state index contributed by atoms with van der Waals surface area (Å²) < 4.78 is 2.00. The monoisotopic (exact) mass is 290 g/mol. The molecule has 0 N–H and O–H groups in total. The Hall–Kier alpha value is -1.62. The Morgan fingerprint density at radius 2 is 2.15 bits per heavy atom. The average molecular weight is 291 g/mol. The highest BCUT2D eigenvalue weighted by Gasteiger charge is 2.37. The zero-order valence-corrected chi connectivity index (χ0v) is 11.8. The van der Waals surface area contributed by atoms with E-state index in [9.17, 15) is 4.79 Å². The van der Waals surface area contributed by atoms with Crippen LogP contribution in [0, 0.1) is 0 Å². The molecule has 0 spiro atoms. The number of hydrogen-bond acceptors (Lipinski definition) is 3. The predicted molar refractivity (Wildman–Crippen MR) is 74.7 cm³/mol. The molecule has 6 heteroatoms. The van der Waals surface area contributed by atoms with Crippen LogP contribution in [0.3, 0.4) is 0 Å². The van der Waals surface area contributed by atoms with E-state index in [1.807, 2.05) is 15.5 Å². The lowest BCUT2D eigenvalue weighted by Gasteiger charge is -2.34. The molecule has 104 valence electrons. The third kappa shape index (κ3) is 1.73. The maximum Gasteiger partial charge on any atom is 0.222 e. The molecule has 20 heavy (non-hydrogen) atoms. The van der Waals surface area contributed by atoms with Crippen LogP contribution in [0.15, 0.2) is 18.6 Å². The first-order valence-corrected chi connectivity index (χ1v) is 7.39. The molecule has 4 heterocycles. The van der Waals surface area contributed by atoms with Gasteiger partial charge >= 0.3 is 0 Å². The Labute approximate surface area is 121 Å². The van der Waals surface area contributed by atoms with Crippen LogP contribution < -0.4 is 0 Å². The minimum Gasteiger partial charge on any atom is -0.339 e.